The summed E-state index contributed by atoms with van der Waals surface area (Å²) in [5.41, 5.74) is 2.61. The summed E-state index contributed by atoms with van der Waals surface area (Å²) in [5, 5.41) is 3.58. The molecule has 110 valence electrons. The van der Waals surface area contributed by atoms with Crippen molar-refractivity contribution in [3.05, 3.63) is 52.1 Å². The number of imidazole rings is 1. The second-order valence-electron chi connectivity index (χ2n) is 5.64. The zero-order valence-corrected chi connectivity index (χ0v) is 12.9. The largest absolute Gasteiger partial charge is 0.347 e. The van der Waals surface area contributed by atoms with E-state index in [4.69, 9.17) is 11.6 Å². The summed E-state index contributed by atoms with van der Waals surface area (Å²) >= 11 is 6.15. The van der Waals surface area contributed by atoms with Gasteiger partial charge in [-0.05, 0) is 38.0 Å². The Kier molecular flexibility index (Phi) is 3.72. The third-order valence-corrected chi connectivity index (χ3v) is 4.13. The first-order valence-electron chi connectivity index (χ1n) is 7.12. The van der Waals surface area contributed by atoms with Crippen molar-refractivity contribution in [3.8, 4) is 0 Å². The number of amides is 1. The van der Waals surface area contributed by atoms with E-state index < -0.39 is 0 Å². The lowest BCUT2D eigenvalue weighted by molar-refractivity contribution is 0.0927. The molecule has 1 aromatic heterocycles. The van der Waals surface area contributed by atoms with Crippen LogP contribution in [0.15, 0.2) is 24.4 Å². The van der Waals surface area contributed by atoms with Crippen molar-refractivity contribution in [2.24, 2.45) is 0 Å². The van der Waals surface area contributed by atoms with E-state index in [2.05, 4.69) is 14.9 Å². The Hall–Kier alpha value is -1.81. The summed E-state index contributed by atoms with van der Waals surface area (Å²) in [6.45, 7) is 4.72. The molecule has 0 spiro atoms. The van der Waals surface area contributed by atoms with Crippen LogP contribution in [-0.2, 0) is 13.0 Å². The van der Waals surface area contributed by atoms with Crippen LogP contribution in [0.5, 0.6) is 0 Å². The van der Waals surface area contributed by atoms with Crippen LogP contribution in [0.2, 0.25) is 5.02 Å². The maximum absolute atomic E-state index is 12.3. The number of nitrogens with zero attached hydrogens (tertiary/aromatic N) is 2. The zero-order chi connectivity index (χ0) is 15.0. The minimum atomic E-state index is -0.106. The second-order valence-corrected chi connectivity index (χ2v) is 6.05. The van der Waals surface area contributed by atoms with Crippen LogP contribution in [0.25, 0.3) is 0 Å². The first-order valence-corrected chi connectivity index (χ1v) is 7.50. The molecule has 0 fully saturated rings. The van der Waals surface area contributed by atoms with Gasteiger partial charge in [0, 0.05) is 25.2 Å². The van der Waals surface area contributed by atoms with E-state index in [-0.39, 0.29) is 11.9 Å². The van der Waals surface area contributed by atoms with Gasteiger partial charge in [0.25, 0.3) is 5.91 Å². The molecule has 1 aliphatic heterocycles. The van der Waals surface area contributed by atoms with Gasteiger partial charge < -0.3 is 9.88 Å². The molecule has 0 radical (unpaired) electrons. The van der Waals surface area contributed by atoms with Crippen LogP contribution in [0.1, 0.15) is 33.9 Å². The summed E-state index contributed by atoms with van der Waals surface area (Å²) in [7, 11) is 0. The normalized spacial score (nSPS) is 17.4. The van der Waals surface area contributed by atoms with Gasteiger partial charge in [-0.1, -0.05) is 17.7 Å². The van der Waals surface area contributed by atoms with Crippen LogP contribution in [0.3, 0.4) is 0 Å². The first kappa shape index (κ1) is 14.1. The number of fused-ring (bicyclic) bond motifs is 1. The maximum Gasteiger partial charge on any atom is 0.253 e. The number of carbonyl (C=O) groups excluding carboxylic acids is 1. The molecule has 0 unspecified atom stereocenters. The van der Waals surface area contributed by atoms with E-state index >= 15 is 0 Å². The highest BCUT2D eigenvalue weighted by molar-refractivity contribution is 6.33. The molecule has 5 heteroatoms. The van der Waals surface area contributed by atoms with Gasteiger partial charge in [-0.2, -0.15) is 0 Å². The van der Waals surface area contributed by atoms with Gasteiger partial charge in [0.15, 0.2) is 0 Å². The van der Waals surface area contributed by atoms with Gasteiger partial charge in [0.05, 0.1) is 16.3 Å². The maximum atomic E-state index is 12.3. The Morgan fingerprint density at radius 1 is 1.43 bits per heavy atom. The molecule has 2 heterocycles. The number of nitrogens with one attached hydrogen (secondary N) is 1. The van der Waals surface area contributed by atoms with E-state index in [1.807, 2.05) is 32.2 Å². The van der Waals surface area contributed by atoms with Gasteiger partial charge in [0.1, 0.15) is 5.82 Å². The molecule has 2 aromatic rings. The Morgan fingerprint density at radius 3 is 3.00 bits per heavy atom. The highest BCUT2D eigenvalue weighted by Crippen LogP contribution is 2.19. The molecule has 1 amide bonds. The molecule has 1 N–H and O–H groups in total. The van der Waals surface area contributed by atoms with Gasteiger partial charge in [-0.3, -0.25) is 4.79 Å². The number of aromatic nitrogens is 2. The van der Waals surface area contributed by atoms with Gasteiger partial charge >= 0.3 is 0 Å². The summed E-state index contributed by atoms with van der Waals surface area (Å²) in [4.78, 5) is 16.8. The number of carbonyl (C=O) groups is 1. The molecule has 1 atom stereocenters. The molecule has 3 rings (SSSR count). The average Bonchev–Trinajstić information content (AvgIpc) is 2.77. The fourth-order valence-electron chi connectivity index (χ4n) is 2.77. The molecule has 1 aromatic carbocycles. The summed E-state index contributed by atoms with van der Waals surface area (Å²) in [6, 6.07) is 5.62. The van der Waals surface area contributed by atoms with Crippen molar-refractivity contribution in [1.82, 2.24) is 14.9 Å². The van der Waals surface area contributed by atoms with Gasteiger partial charge in [0.2, 0.25) is 0 Å². The van der Waals surface area contributed by atoms with Crippen molar-refractivity contribution in [1.29, 1.82) is 0 Å². The fourth-order valence-corrected chi connectivity index (χ4v) is 3.09. The van der Waals surface area contributed by atoms with Crippen LogP contribution >= 0.6 is 11.6 Å². The van der Waals surface area contributed by atoms with E-state index in [9.17, 15) is 4.79 Å². The van der Waals surface area contributed by atoms with Gasteiger partial charge in [-0.25, -0.2) is 4.98 Å². The predicted molar refractivity (Wildman–Crippen MR) is 82.7 cm³/mol. The molecular weight excluding hydrogens is 286 g/mol. The van der Waals surface area contributed by atoms with E-state index in [0.29, 0.717) is 10.6 Å². The van der Waals surface area contributed by atoms with Crippen LogP contribution < -0.4 is 5.32 Å². The third-order valence-electron chi connectivity index (χ3n) is 3.82. The second kappa shape index (κ2) is 5.53. The summed E-state index contributed by atoms with van der Waals surface area (Å²) < 4.78 is 2.13. The lowest BCUT2D eigenvalue weighted by atomic mass is 10.1. The van der Waals surface area contributed by atoms with Crippen molar-refractivity contribution in [2.75, 3.05) is 0 Å². The number of halogens is 1. The van der Waals surface area contributed by atoms with Crippen molar-refractivity contribution >= 4 is 17.5 Å². The first-order chi connectivity index (χ1) is 10.0. The quantitative estimate of drug-likeness (QED) is 0.927. The number of hydrogen-bond acceptors (Lipinski definition) is 2. The molecule has 21 heavy (non-hydrogen) atoms. The standard InChI is InChI=1S/C16H18ClN3O/c1-10-3-5-13(14(17)7-10)16(21)19-12-4-6-15-18-11(2)8-20(15)9-12/h3,5,7-8,12H,4,6,9H2,1-2H3,(H,19,21)/t12-/m1/s1. The fraction of sp³-hybridized carbons (Fsp3) is 0.375. The number of rotatable bonds is 2. The topological polar surface area (TPSA) is 46.9 Å². The molecule has 0 aliphatic carbocycles. The molecule has 4 nitrogen and oxygen atoms in total. The number of aryl methyl sites for hydroxylation is 3. The molecular formula is C16H18ClN3O. The highest BCUT2D eigenvalue weighted by Gasteiger charge is 2.22. The Morgan fingerprint density at radius 2 is 2.24 bits per heavy atom. The smallest absolute Gasteiger partial charge is 0.253 e. The van der Waals surface area contributed by atoms with Crippen molar-refractivity contribution < 1.29 is 4.79 Å². The lowest BCUT2D eigenvalue weighted by Gasteiger charge is -2.24. The molecule has 0 saturated carbocycles. The highest BCUT2D eigenvalue weighted by atomic mass is 35.5. The van der Waals surface area contributed by atoms with E-state index in [1.54, 1.807) is 6.07 Å². The van der Waals surface area contributed by atoms with Crippen molar-refractivity contribution in [3.63, 3.8) is 0 Å². The number of hydrogen-bond donors (Lipinski definition) is 1. The monoisotopic (exact) mass is 303 g/mol. The molecule has 0 saturated heterocycles. The van der Waals surface area contributed by atoms with E-state index in [1.165, 1.54) is 0 Å². The summed E-state index contributed by atoms with van der Waals surface area (Å²) in [6.07, 6.45) is 3.83. The average molecular weight is 304 g/mol. The predicted octanol–water partition coefficient (Wildman–Crippen LogP) is 2.90. The Labute approximate surface area is 129 Å². The SMILES string of the molecule is Cc1ccc(C(=O)N[C@@H]2CCc3nc(C)cn3C2)c(Cl)c1. The van der Waals surface area contributed by atoms with Crippen LogP contribution in [0, 0.1) is 13.8 Å². The molecule has 0 bridgehead atoms. The van der Waals surface area contributed by atoms with E-state index in [0.717, 1.165) is 36.5 Å². The zero-order valence-electron chi connectivity index (χ0n) is 12.2. The minimum absolute atomic E-state index is 0.106. The van der Waals surface area contributed by atoms with Crippen LogP contribution in [0.4, 0.5) is 0 Å². The van der Waals surface area contributed by atoms with Gasteiger partial charge in [-0.15, -0.1) is 0 Å². The molecule has 1 aliphatic rings. The number of benzene rings is 1. The third kappa shape index (κ3) is 2.95. The summed E-state index contributed by atoms with van der Waals surface area (Å²) in [5.74, 6) is 0.997. The van der Waals surface area contributed by atoms with Crippen LogP contribution in [-0.4, -0.2) is 21.5 Å². The Balaban J connectivity index is 1.71. The van der Waals surface area contributed by atoms with Crippen molar-refractivity contribution in [2.45, 2.75) is 39.3 Å². The minimum Gasteiger partial charge on any atom is -0.347 e. The lowest BCUT2D eigenvalue weighted by Crippen LogP contribution is -2.41. The Bertz CT molecular complexity index is 693.